The molecule has 0 saturated heterocycles. The molecule has 0 atom stereocenters. The van der Waals surface area contributed by atoms with Gasteiger partial charge in [0.1, 0.15) is 5.01 Å². The van der Waals surface area contributed by atoms with E-state index in [4.69, 9.17) is 5.73 Å². The Morgan fingerprint density at radius 1 is 1.07 bits per heavy atom. The minimum absolute atomic E-state index is 0.518. The standard InChI is InChI=1S/C11H13N3S/c1-6-4-7(2)9(8(3)5-6)10-13-14-11(12)15-10/h4-5H,1-3H3,(H2,12,14). The second-order valence-corrected chi connectivity index (χ2v) is 4.73. The van der Waals surface area contributed by atoms with Crippen LogP contribution in [0.25, 0.3) is 10.6 Å². The molecular formula is C11H13N3S. The average Bonchev–Trinajstić information content (AvgIpc) is 2.49. The Hall–Kier alpha value is -1.42. The van der Waals surface area contributed by atoms with E-state index in [2.05, 4.69) is 43.1 Å². The lowest BCUT2D eigenvalue weighted by Gasteiger charge is -2.07. The molecule has 0 aliphatic heterocycles. The van der Waals surface area contributed by atoms with Crippen molar-refractivity contribution >= 4 is 16.5 Å². The maximum absolute atomic E-state index is 5.59. The van der Waals surface area contributed by atoms with Crippen molar-refractivity contribution in [1.29, 1.82) is 0 Å². The van der Waals surface area contributed by atoms with E-state index in [0.717, 1.165) is 10.6 Å². The average molecular weight is 219 g/mol. The summed E-state index contributed by atoms with van der Waals surface area (Å²) in [5.74, 6) is 0. The molecule has 2 aromatic rings. The van der Waals surface area contributed by atoms with E-state index < -0.39 is 0 Å². The lowest BCUT2D eigenvalue weighted by atomic mass is 10.0. The van der Waals surface area contributed by atoms with E-state index in [9.17, 15) is 0 Å². The fraction of sp³-hybridized carbons (Fsp3) is 0.273. The van der Waals surface area contributed by atoms with Crippen LogP contribution in [-0.4, -0.2) is 10.2 Å². The summed E-state index contributed by atoms with van der Waals surface area (Å²) < 4.78 is 0. The van der Waals surface area contributed by atoms with Crippen LogP contribution < -0.4 is 5.73 Å². The molecule has 0 bridgehead atoms. The second kappa shape index (κ2) is 3.62. The van der Waals surface area contributed by atoms with Crippen molar-refractivity contribution in [2.45, 2.75) is 20.8 Å². The van der Waals surface area contributed by atoms with Gasteiger partial charge in [-0.3, -0.25) is 0 Å². The minimum Gasteiger partial charge on any atom is -0.374 e. The van der Waals surface area contributed by atoms with Crippen molar-refractivity contribution in [3.05, 3.63) is 28.8 Å². The smallest absolute Gasteiger partial charge is 0.203 e. The van der Waals surface area contributed by atoms with Crippen molar-refractivity contribution in [3.8, 4) is 10.6 Å². The van der Waals surface area contributed by atoms with E-state index in [1.165, 1.54) is 28.0 Å². The van der Waals surface area contributed by atoms with Gasteiger partial charge in [-0.25, -0.2) is 0 Å². The predicted octanol–water partition coefficient (Wildman–Crippen LogP) is 2.71. The second-order valence-electron chi connectivity index (χ2n) is 3.72. The van der Waals surface area contributed by atoms with E-state index in [1.807, 2.05) is 0 Å². The Labute approximate surface area is 93.0 Å². The van der Waals surface area contributed by atoms with Gasteiger partial charge in [0, 0.05) is 5.56 Å². The summed E-state index contributed by atoms with van der Waals surface area (Å²) >= 11 is 1.43. The summed E-state index contributed by atoms with van der Waals surface area (Å²) in [4.78, 5) is 0. The molecule has 2 N–H and O–H groups in total. The SMILES string of the molecule is Cc1cc(C)c(-c2nnc(N)s2)c(C)c1. The molecule has 0 aliphatic rings. The third-order valence-electron chi connectivity index (χ3n) is 2.33. The van der Waals surface area contributed by atoms with E-state index in [0.29, 0.717) is 5.13 Å². The largest absolute Gasteiger partial charge is 0.374 e. The number of aryl methyl sites for hydroxylation is 3. The van der Waals surface area contributed by atoms with Gasteiger partial charge in [-0.15, -0.1) is 10.2 Å². The number of hydrogen-bond acceptors (Lipinski definition) is 4. The van der Waals surface area contributed by atoms with Gasteiger partial charge in [-0.1, -0.05) is 29.0 Å². The molecule has 1 heterocycles. The molecule has 0 unspecified atom stereocenters. The molecule has 3 nitrogen and oxygen atoms in total. The predicted molar refractivity (Wildman–Crippen MR) is 64.0 cm³/mol. The van der Waals surface area contributed by atoms with Gasteiger partial charge in [0.15, 0.2) is 0 Å². The molecule has 2 rings (SSSR count). The van der Waals surface area contributed by atoms with Crippen molar-refractivity contribution < 1.29 is 0 Å². The summed E-state index contributed by atoms with van der Waals surface area (Å²) in [5, 5.41) is 9.35. The maximum Gasteiger partial charge on any atom is 0.203 e. The van der Waals surface area contributed by atoms with Gasteiger partial charge in [-0.2, -0.15) is 0 Å². The molecule has 78 valence electrons. The van der Waals surface area contributed by atoms with Crippen molar-refractivity contribution in [3.63, 3.8) is 0 Å². The van der Waals surface area contributed by atoms with Crippen LogP contribution in [0.3, 0.4) is 0 Å². The Morgan fingerprint density at radius 3 is 2.13 bits per heavy atom. The quantitative estimate of drug-likeness (QED) is 0.802. The molecular weight excluding hydrogens is 206 g/mol. The molecule has 0 fully saturated rings. The highest BCUT2D eigenvalue weighted by Gasteiger charge is 2.10. The zero-order chi connectivity index (χ0) is 11.0. The molecule has 0 spiro atoms. The number of aromatic nitrogens is 2. The van der Waals surface area contributed by atoms with Crippen LogP contribution in [-0.2, 0) is 0 Å². The molecule has 0 saturated carbocycles. The molecule has 15 heavy (non-hydrogen) atoms. The molecule has 4 heteroatoms. The number of rotatable bonds is 1. The van der Waals surface area contributed by atoms with Gasteiger partial charge in [-0.05, 0) is 31.9 Å². The summed E-state index contributed by atoms with van der Waals surface area (Å²) in [6, 6.07) is 4.31. The number of anilines is 1. The fourth-order valence-electron chi connectivity index (χ4n) is 1.85. The zero-order valence-electron chi connectivity index (χ0n) is 9.03. The van der Waals surface area contributed by atoms with Gasteiger partial charge >= 0.3 is 0 Å². The monoisotopic (exact) mass is 219 g/mol. The lowest BCUT2D eigenvalue weighted by Crippen LogP contribution is -1.89. The first kappa shape index (κ1) is 10.1. The summed E-state index contributed by atoms with van der Waals surface area (Å²) in [7, 11) is 0. The summed E-state index contributed by atoms with van der Waals surface area (Å²) in [5.41, 5.74) is 10.5. The van der Waals surface area contributed by atoms with Gasteiger partial charge in [0.05, 0.1) is 0 Å². The molecule has 0 amide bonds. The van der Waals surface area contributed by atoms with Crippen molar-refractivity contribution in [2.75, 3.05) is 5.73 Å². The van der Waals surface area contributed by atoms with Crippen LogP contribution in [0.5, 0.6) is 0 Å². The number of benzene rings is 1. The van der Waals surface area contributed by atoms with Crippen LogP contribution in [0, 0.1) is 20.8 Å². The number of hydrogen-bond donors (Lipinski definition) is 1. The summed E-state index contributed by atoms with van der Waals surface area (Å²) in [6.45, 7) is 6.28. The Kier molecular flexibility index (Phi) is 2.44. The first-order valence-corrected chi connectivity index (χ1v) is 5.57. The van der Waals surface area contributed by atoms with Gasteiger partial charge in [0.25, 0.3) is 0 Å². The van der Waals surface area contributed by atoms with Crippen LogP contribution >= 0.6 is 11.3 Å². The van der Waals surface area contributed by atoms with Gasteiger partial charge in [0.2, 0.25) is 5.13 Å². The van der Waals surface area contributed by atoms with Gasteiger partial charge < -0.3 is 5.73 Å². The number of nitrogen functional groups attached to an aromatic ring is 1. The Bertz CT molecular complexity index is 479. The summed E-state index contributed by atoms with van der Waals surface area (Å²) in [6.07, 6.45) is 0. The third kappa shape index (κ3) is 1.85. The molecule has 0 aliphatic carbocycles. The minimum atomic E-state index is 0.518. The number of nitrogens with zero attached hydrogens (tertiary/aromatic N) is 2. The van der Waals surface area contributed by atoms with E-state index in [-0.39, 0.29) is 0 Å². The zero-order valence-corrected chi connectivity index (χ0v) is 9.85. The maximum atomic E-state index is 5.59. The highest BCUT2D eigenvalue weighted by molar-refractivity contribution is 7.18. The lowest BCUT2D eigenvalue weighted by molar-refractivity contribution is 1.10. The first-order chi connectivity index (χ1) is 7.08. The van der Waals surface area contributed by atoms with Crippen LogP contribution in [0.1, 0.15) is 16.7 Å². The Morgan fingerprint density at radius 2 is 1.67 bits per heavy atom. The van der Waals surface area contributed by atoms with Crippen LogP contribution in [0.15, 0.2) is 12.1 Å². The first-order valence-electron chi connectivity index (χ1n) is 4.75. The number of nitrogens with two attached hydrogens (primary N) is 1. The van der Waals surface area contributed by atoms with Crippen LogP contribution in [0.4, 0.5) is 5.13 Å². The Balaban J connectivity index is 2.62. The van der Waals surface area contributed by atoms with Crippen molar-refractivity contribution in [2.24, 2.45) is 0 Å². The highest BCUT2D eigenvalue weighted by Crippen LogP contribution is 2.31. The van der Waals surface area contributed by atoms with E-state index in [1.54, 1.807) is 0 Å². The molecule has 0 radical (unpaired) electrons. The van der Waals surface area contributed by atoms with Crippen molar-refractivity contribution in [1.82, 2.24) is 10.2 Å². The topological polar surface area (TPSA) is 51.8 Å². The fourth-order valence-corrected chi connectivity index (χ4v) is 2.64. The normalized spacial score (nSPS) is 10.6. The molecule has 1 aromatic carbocycles. The van der Waals surface area contributed by atoms with Crippen LogP contribution in [0.2, 0.25) is 0 Å². The highest BCUT2D eigenvalue weighted by atomic mass is 32.1. The molecule has 1 aromatic heterocycles. The third-order valence-corrected chi connectivity index (χ3v) is 3.10. The van der Waals surface area contributed by atoms with E-state index >= 15 is 0 Å².